The SMILES string of the molecule is COc1ncc(Cl)cc1SN(C)c1cnc2c(c1)/C(=C/C=N)NC(C)CO2. The predicted octanol–water partition coefficient (Wildman–Crippen LogP) is 3.64. The van der Waals surface area contributed by atoms with Gasteiger partial charge >= 0.3 is 0 Å². The predicted molar refractivity (Wildman–Crippen MR) is 109 cm³/mol. The van der Waals surface area contributed by atoms with Gasteiger partial charge in [0.05, 0.1) is 40.5 Å². The highest BCUT2D eigenvalue weighted by Crippen LogP contribution is 2.36. The van der Waals surface area contributed by atoms with Crippen molar-refractivity contribution in [2.75, 3.05) is 25.1 Å². The third-order valence-corrected chi connectivity index (χ3v) is 5.01. The molecule has 7 nitrogen and oxygen atoms in total. The van der Waals surface area contributed by atoms with E-state index in [9.17, 15) is 0 Å². The number of hydrogen-bond donors (Lipinski definition) is 2. The van der Waals surface area contributed by atoms with Crippen LogP contribution in [0.2, 0.25) is 5.02 Å². The van der Waals surface area contributed by atoms with Crippen molar-refractivity contribution in [3.05, 3.63) is 41.2 Å². The number of methoxy groups -OCH3 is 1. The number of rotatable bonds is 5. The largest absolute Gasteiger partial charge is 0.480 e. The number of aromatic nitrogens is 2. The summed E-state index contributed by atoms with van der Waals surface area (Å²) >= 11 is 7.50. The van der Waals surface area contributed by atoms with E-state index in [0.717, 1.165) is 21.8 Å². The van der Waals surface area contributed by atoms with Crippen LogP contribution in [0.25, 0.3) is 5.70 Å². The minimum absolute atomic E-state index is 0.114. The lowest BCUT2D eigenvalue weighted by Gasteiger charge is -2.20. The highest BCUT2D eigenvalue weighted by atomic mass is 35.5. The number of pyridine rings is 2. The minimum Gasteiger partial charge on any atom is -0.480 e. The van der Waals surface area contributed by atoms with Crippen LogP contribution in [-0.4, -0.2) is 43.0 Å². The summed E-state index contributed by atoms with van der Waals surface area (Å²) in [5.41, 5.74) is 2.47. The topological polar surface area (TPSA) is 83.4 Å². The molecule has 27 heavy (non-hydrogen) atoms. The third kappa shape index (κ3) is 4.45. The number of nitrogens with one attached hydrogen (secondary N) is 2. The molecule has 1 atom stereocenters. The van der Waals surface area contributed by atoms with Crippen molar-refractivity contribution in [3.63, 3.8) is 0 Å². The molecule has 0 saturated carbocycles. The molecule has 0 fully saturated rings. The van der Waals surface area contributed by atoms with E-state index in [-0.39, 0.29) is 6.04 Å². The Hall–Kier alpha value is -2.45. The first kappa shape index (κ1) is 19.3. The van der Waals surface area contributed by atoms with E-state index >= 15 is 0 Å². The van der Waals surface area contributed by atoms with Gasteiger partial charge in [-0.25, -0.2) is 9.97 Å². The summed E-state index contributed by atoms with van der Waals surface area (Å²) in [6.07, 6.45) is 6.24. The van der Waals surface area contributed by atoms with Gasteiger partial charge in [-0.2, -0.15) is 0 Å². The van der Waals surface area contributed by atoms with Crippen molar-refractivity contribution < 1.29 is 9.47 Å². The van der Waals surface area contributed by atoms with Crippen molar-refractivity contribution in [2.24, 2.45) is 0 Å². The van der Waals surface area contributed by atoms with Gasteiger partial charge in [0.2, 0.25) is 11.8 Å². The zero-order chi connectivity index (χ0) is 19.4. The lowest BCUT2D eigenvalue weighted by atomic mass is 10.1. The zero-order valence-electron chi connectivity index (χ0n) is 15.2. The Kier molecular flexibility index (Phi) is 6.08. The summed E-state index contributed by atoms with van der Waals surface area (Å²) in [4.78, 5) is 9.44. The fraction of sp³-hybridized carbons (Fsp3) is 0.278. The smallest absolute Gasteiger partial charge is 0.228 e. The Morgan fingerprint density at radius 2 is 2.22 bits per heavy atom. The van der Waals surface area contributed by atoms with E-state index in [1.807, 2.05) is 24.3 Å². The normalized spacial score (nSPS) is 17.3. The lowest BCUT2D eigenvalue weighted by molar-refractivity contribution is 0.282. The highest BCUT2D eigenvalue weighted by molar-refractivity contribution is 8.00. The lowest BCUT2D eigenvalue weighted by Crippen LogP contribution is -2.27. The van der Waals surface area contributed by atoms with E-state index in [1.165, 1.54) is 18.2 Å². The first-order valence-corrected chi connectivity index (χ1v) is 9.38. The fourth-order valence-electron chi connectivity index (χ4n) is 2.56. The van der Waals surface area contributed by atoms with E-state index in [0.29, 0.717) is 23.4 Å². The molecule has 1 unspecified atom stereocenters. The zero-order valence-corrected chi connectivity index (χ0v) is 16.8. The number of halogens is 1. The molecule has 2 aromatic heterocycles. The number of nitrogens with zero attached hydrogens (tertiary/aromatic N) is 3. The monoisotopic (exact) mass is 405 g/mol. The van der Waals surface area contributed by atoms with Crippen LogP contribution in [0.4, 0.5) is 5.69 Å². The molecule has 3 heterocycles. The van der Waals surface area contributed by atoms with Crippen LogP contribution in [0, 0.1) is 5.41 Å². The Bertz CT molecular complexity index is 877. The van der Waals surface area contributed by atoms with Crippen LogP contribution in [0.1, 0.15) is 12.5 Å². The van der Waals surface area contributed by atoms with E-state index in [4.69, 9.17) is 26.5 Å². The summed E-state index contributed by atoms with van der Waals surface area (Å²) in [6, 6.07) is 3.89. The quantitative estimate of drug-likeness (QED) is 0.580. The molecule has 0 spiro atoms. The second kappa shape index (κ2) is 8.49. The van der Waals surface area contributed by atoms with Crippen molar-refractivity contribution in [3.8, 4) is 11.8 Å². The standard InChI is InChI=1S/C18H20ClN5O2S/c1-11-10-26-17-14(15(23-11)4-5-20)7-13(9-22-17)24(2)27-16-6-12(19)8-21-18(16)25-3/h4-9,11,20,23H,10H2,1-3H3/b15-4-,20-5?. The third-order valence-electron chi connectivity index (χ3n) is 3.83. The molecule has 0 radical (unpaired) electrons. The van der Waals surface area contributed by atoms with Gasteiger partial charge in [0.1, 0.15) is 6.61 Å². The van der Waals surface area contributed by atoms with Crippen LogP contribution in [0.3, 0.4) is 0 Å². The molecule has 2 N–H and O–H groups in total. The summed E-state index contributed by atoms with van der Waals surface area (Å²) in [6.45, 7) is 2.52. The molecule has 0 amide bonds. The van der Waals surface area contributed by atoms with Gasteiger partial charge in [-0.05, 0) is 37.1 Å². The van der Waals surface area contributed by atoms with Crippen LogP contribution in [0.15, 0.2) is 35.5 Å². The van der Waals surface area contributed by atoms with E-state index in [2.05, 4.69) is 15.3 Å². The van der Waals surface area contributed by atoms with Gasteiger partial charge in [-0.1, -0.05) is 11.6 Å². The molecule has 142 valence electrons. The molecule has 9 heteroatoms. The maximum absolute atomic E-state index is 7.42. The molecule has 1 aliphatic rings. The molecule has 2 aromatic rings. The molecule has 0 aliphatic carbocycles. The first-order chi connectivity index (χ1) is 13.0. The second-order valence-electron chi connectivity index (χ2n) is 5.90. The molecule has 3 rings (SSSR count). The summed E-state index contributed by atoms with van der Waals surface area (Å²) < 4.78 is 13.0. The minimum atomic E-state index is 0.114. The van der Waals surface area contributed by atoms with E-state index < -0.39 is 0 Å². The maximum atomic E-state index is 7.42. The first-order valence-electron chi connectivity index (χ1n) is 8.23. The van der Waals surface area contributed by atoms with Gasteiger partial charge < -0.3 is 24.5 Å². The Morgan fingerprint density at radius 3 is 2.96 bits per heavy atom. The van der Waals surface area contributed by atoms with E-state index in [1.54, 1.807) is 31.6 Å². The molecule has 0 bridgehead atoms. The Labute approximate surface area is 167 Å². The average molecular weight is 406 g/mol. The Balaban J connectivity index is 1.92. The fourth-order valence-corrected chi connectivity index (χ4v) is 3.68. The average Bonchev–Trinajstić information content (AvgIpc) is 2.81. The highest BCUT2D eigenvalue weighted by Gasteiger charge is 2.20. The summed E-state index contributed by atoms with van der Waals surface area (Å²) in [5, 5.41) is 11.3. The van der Waals surface area contributed by atoms with Crippen LogP contribution in [0.5, 0.6) is 11.8 Å². The van der Waals surface area contributed by atoms with Crippen molar-refractivity contribution >= 4 is 41.1 Å². The van der Waals surface area contributed by atoms with Crippen molar-refractivity contribution in [1.82, 2.24) is 15.3 Å². The van der Waals surface area contributed by atoms with Crippen LogP contribution < -0.4 is 19.1 Å². The summed E-state index contributed by atoms with van der Waals surface area (Å²) in [7, 11) is 3.49. The van der Waals surface area contributed by atoms with Crippen molar-refractivity contribution in [2.45, 2.75) is 17.9 Å². The molecule has 1 aliphatic heterocycles. The number of ether oxygens (including phenoxy) is 2. The summed E-state index contributed by atoms with van der Waals surface area (Å²) in [5.74, 6) is 1.05. The van der Waals surface area contributed by atoms with Crippen LogP contribution in [-0.2, 0) is 0 Å². The number of anilines is 1. The van der Waals surface area contributed by atoms with Gasteiger partial charge in [0.15, 0.2) is 0 Å². The van der Waals surface area contributed by atoms with Gasteiger partial charge in [-0.15, -0.1) is 0 Å². The maximum Gasteiger partial charge on any atom is 0.228 e. The molecular weight excluding hydrogens is 386 g/mol. The van der Waals surface area contributed by atoms with Gasteiger partial charge in [0, 0.05) is 25.2 Å². The molecule has 0 saturated heterocycles. The second-order valence-corrected chi connectivity index (χ2v) is 7.51. The molecular formula is C18H20ClN5O2S. The van der Waals surface area contributed by atoms with Crippen LogP contribution >= 0.6 is 23.5 Å². The number of fused-ring (bicyclic) bond motifs is 1. The number of hydrogen-bond acceptors (Lipinski definition) is 8. The Morgan fingerprint density at radius 1 is 1.41 bits per heavy atom. The van der Waals surface area contributed by atoms with Gasteiger partial charge in [-0.3, -0.25) is 0 Å². The number of allylic oxidation sites excluding steroid dienone is 1. The van der Waals surface area contributed by atoms with Crippen molar-refractivity contribution in [1.29, 1.82) is 5.41 Å². The van der Waals surface area contributed by atoms with Gasteiger partial charge in [0.25, 0.3) is 0 Å². The molecule has 0 aromatic carbocycles.